The standard InChI is InChI=1S/C21H23ClF3NO.C2H4N2O2S/c1-20(2,3)26-12-16(13-26)27-19(14-8-10-15(22)11-9-14)17-6-4-5-7-18(17)21(23,24)25;3-1(5)7-2(4)6/h4-11,16,19H,12-13H2,1-3H3;(H2,3,5)(H2,4,6). The summed E-state index contributed by atoms with van der Waals surface area (Å²) >= 11 is 6.24. The summed E-state index contributed by atoms with van der Waals surface area (Å²) in [6, 6.07) is 12.4. The molecule has 1 aliphatic heterocycles. The van der Waals surface area contributed by atoms with Gasteiger partial charge in [0.1, 0.15) is 6.10 Å². The van der Waals surface area contributed by atoms with Gasteiger partial charge in [-0.15, -0.1) is 0 Å². The van der Waals surface area contributed by atoms with Crippen LogP contribution in [-0.2, 0) is 10.9 Å². The molecule has 0 aromatic heterocycles. The lowest BCUT2D eigenvalue weighted by molar-refractivity contribution is -0.142. The smallest absolute Gasteiger partial charge is 0.363 e. The number of nitrogens with two attached hydrogens (primary N) is 2. The van der Waals surface area contributed by atoms with Crippen molar-refractivity contribution >= 4 is 33.8 Å². The van der Waals surface area contributed by atoms with Gasteiger partial charge in [-0.25, -0.2) is 0 Å². The molecule has 3 rings (SSSR count). The molecular weight excluding hydrogens is 491 g/mol. The number of amides is 2. The highest BCUT2D eigenvalue weighted by Crippen LogP contribution is 2.39. The monoisotopic (exact) mass is 517 g/mol. The van der Waals surface area contributed by atoms with Crippen LogP contribution in [-0.4, -0.2) is 40.1 Å². The first-order chi connectivity index (χ1) is 15.7. The first-order valence-electron chi connectivity index (χ1n) is 10.3. The van der Waals surface area contributed by atoms with Crippen LogP contribution in [0.5, 0.6) is 0 Å². The topological polar surface area (TPSA) is 98.7 Å². The lowest BCUT2D eigenvalue weighted by Crippen LogP contribution is -2.59. The zero-order valence-electron chi connectivity index (χ0n) is 18.9. The number of hydrogen-bond acceptors (Lipinski definition) is 5. The Bertz CT molecular complexity index is 979. The minimum atomic E-state index is -4.44. The van der Waals surface area contributed by atoms with Crippen molar-refractivity contribution in [3.05, 3.63) is 70.2 Å². The second-order valence-electron chi connectivity index (χ2n) is 8.59. The van der Waals surface area contributed by atoms with Crippen molar-refractivity contribution in [2.45, 2.75) is 44.7 Å². The summed E-state index contributed by atoms with van der Waals surface area (Å²) in [7, 11) is 0. The molecular formula is C23H27ClF3N3O3S. The van der Waals surface area contributed by atoms with Crippen molar-refractivity contribution in [1.82, 2.24) is 4.90 Å². The minimum absolute atomic E-state index is 0.0134. The summed E-state index contributed by atoms with van der Waals surface area (Å²) < 4.78 is 46.8. The first-order valence-corrected chi connectivity index (χ1v) is 11.5. The molecule has 4 N–H and O–H groups in total. The van der Waals surface area contributed by atoms with Crippen molar-refractivity contribution in [3.8, 4) is 0 Å². The predicted molar refractivity (Wildman–Crippen MR) is 128 cm³/mol. The highest BCUT2D eigenvalue weighted by molar-refractivity contribution is 8.25. The molecule has 1 aliphatic rings. The number of rotatable bonds is 4. The molecule has 1 fully saturated rings. The molecule has 2 aromatic rings. The number of nitrogens with zero attached hydrogens (tertiary/aromatic N) is 1. The van der Waals surface area contributed by atoms with E-state index < -0.39 is 28.3 Å². The van der Waals surface area contributed by atoms with Crippen LogP contribution in [0.2, 0.25) is 5.02 Å². The van der Waals surface area contributed by atoms with Crippen LogP contribution < -0.4 is 11.5 Å². The third kappa shape index (κ3) is 8.19. The lowest BCUT2D eigenvalue weighted by Gasteiger charge is -2.48. The Morgan fingerprint density at radius 1 is 1.03 bits per heavy atom. The second-order valence-corrected chi connectivity index (χ2v) is 10.0. The van der Waals surface area contributed by atoms with Crippen molar-refractivity contribution in [3.63, 3.8) is 0 Å². The van der Waals surface area contributed by atoms with Gasteiger partial charge >= 0.3 is 6.18 Å². The number of carbonyl (C=O) groups excluding carboxylic acids is 2. The molecule has 11 heteroatoms. The highest BCUT2D eigenvalue weighted by atomic mass is 35.5. The Morgan fingerprint density at radius 2 is 1.56 bits per heavy atom. The number of hydrogen-bond donors (Lipinski definition) is 2. The van der Waals surface area contributed by atoms with Crippen molar-refractivity contribution in [2.75, 3.05) is 13.1 Å². The van der Waals surface area contributed by atoms with Gasteiger partial charge in [-0.3, -0.25) is 14.5 Å². The molecule has 1 saturated heterocycles. The van der Waals surface area contributed by atoms with E-state index in [4.69, 9.17) is 16.3 Å². The molecule has 186 valence electrons. The Kier molecular flexibility index (Phi) is 9.41. The maximum Gasteiger partial charge on any atom is 0.416 e. The average Bonchev–Trinajstić information content (AvgIpc) is 2.66. The first kappa shape index (κ1) is 28.0. The zero-order valence-corrected chi connectivity index (χ0v) is 20.5. The van der Waals surface area contributed by atoms with Gasteiger partial charge < -0.3 is 16.2 Å². The van der Waals surface area contributed by atoms with Crippen LogP contribution in [0.4, 0.5) is 22.8 Å². The molecule has 6 nitrogen and oxygen atoms in total. The van der Waals surface area contributed by atoms with Gasteiger partial charge in [0.05, 0.1) is 11.7 Å². The van der Waals surface area contributed by atoms with E-state index in [1.807, 2.05) is 0 Å². The van der Waals surface area contributed by atoms with E-state index in [1.54, 1.807) is 30.3 Å². The number of carbonyl (C=O) groups is 2. The highest BCUT2D eigenvalue weighted by Gasteiger charge is 2.39. The van der Waals surface area contributed by atoms with E-state index in [1.165, 1.54) is 12.1 Å². The Morgan fingerprint density at radius 3 is 2.00 bits per heavy atom. The third-order valence-corrected chi connectivity index (χ3v) is 5.70. The van der Waals surface area contributed by atoms with E-state index in [0.29, 0.717) is 23.7 Å². The number of ether oxygens (including phenoxy) is 1. The van der Waals surface area contributed by atoms with Crippen LogP contribution in [0.1, 0.15) is 43.6 Å². The Hall–Kier alpha value is -2.27. The van der Waals surface area contributed by atoms with Gasteiger partial charge in [0.2, 0.25) is 0 Å². The van der Waals surface area contributed by atoms with Crippen LogP contribution in [0.3, 0.4) is 0 Å². The maximum absolute atomic E-state index is 13.6. The summed E-state index contributed by atoms with van der Waals surface area (Å²) in [6.45, 7) is 7.72. The molecule has 2 aromatic carbocycles. The zero-order chi connectivity index (χ0) is 25.7. The molecule has 1 atom stereocenters. The third-order valence-electron chi connectivity index (χ3n) is 5.05. The summed E-state index contributed by atoms with van der Waals surface area (Å²) in [5.74, 6) is 0. The van der Waals surface area contributed by atoms with E-state index in [0.717, 1.165) is 6.07 Å². The Balaban J connectivity index is 0.000000509. The fourth-order valence-electron chi connectivity index (χ4n) is 3.32. The molecule has 1 unspecified atom stereocenters. The van der Waals surface area contributed by atoms with E-state index >= 15 is 0 Å². The van der Waals surface area contributed by atoms with Crippen LogP contribution in [0, 0.1) is 0 Å². The number of halogens is 4. The molecule has 0 spiro atoms. The molecule has 0 bridgehead atoms. The fraction of sp³-hybridized carbons (Fsp3) is 0.391. The molecule has 2 amide bonds. The number of likely N-dealkylation sites (tertiary alicyclic amines) is 1. The van der Waals surface area contributed by atoms with Gasteiger partial charge in [-0.05, 0) is 50.1 Å². The molecule has 0 radical (unpaired) electrons. The molecule has 34 heavy (non-hydrogen) atoms. The SMILES string of the molecule is CC(C)(C)N1CC(OC(c2ccc(Cl)cc2)c2ccccc2C(F)(F)F)C1.NC(=O)SC(N)=O. The summed E-state index contributed by atoms with van der Waals surface area (Å²) in [6.07, 6.45) is -5.36. The van der Waals surface area contributed by atoms with Crippen LogP contribution in [0.25, 0.3) is 0 Å². The number of alkyl halides is 3. The number of thioether (sulfide) groups is 1. The average molecular weight is 518 g/mol. The quantitative estimate of drug-likeness (QED) is 0.532. The normalized spacial score (nSPS) is 15.6. The summed E-state index contributed by atoms with van der Waals surface area (Å²) in [5, 5.41) is -1.01. The van der Waals surface area contributed by atoms with Gasteiger partial charge in [0.15, 0.2) is 0 Å². The number of primary amides is 2. The van der Waals surface area contributed by atoms with E-state index in [9.17, 15) is 22.8 Å². The fourth-order valence-corrected chi connectivity index (χ4v) is 3.64. The predicted octanol–water partition coefficient (Wildman–Crippen LogP) is 5.82. The molecule has 0 saturated carbocycles. The van der Waals surface area contributed by atoms with Crippen molar-refractivity contribution in [2.24, 2.45) is 11.5 Å². The largest absolute Gasteiger partial charge is 0.416 e. The maximum atomic E-state index is 13.6. The van der Waals surface area contributed by atoms with Gasteiger partial charge in [0.25, 0.3) is 10.5 Å². The van der Waals surface area contributed by atoms with Crippen LogP contribution >= 0.6 is 23.4 Å². The molecule has 1 heterocycles. The summed E-state index contributed by atoms with van der Waals surface area (Å²) in [4.78, 5) is 21.6. The van der Waals surface area contributed by atoms with Crippen LogP contribution in [0.15, 0.2) is 48.5 Å². The summed E-state index contributed by atoms with van der Waals surface area (Å²) in [5.41, 5.74) is 9.16. The lowest BCUT2D eigenvalue weighted by atomic mass is 9.95. The molecule has 0 aliphatic carbocycles. The van der Waals surface area contributed by atoms with Gasteiger partial charge in [-0.1, -0.05) is 41.9 Å². The Labute approximate surface area is 205 Å². The van der Waals surface area contributed by atoms with Crippen molar-refractivity contribution in [1.29, 1.82) is 0 Å². The van der Waals surface area contributed by atoms with Gasteiger partial charge in [-0.2, -0.15) is 13.2 Å². The second kappa shape index (κ2) is 11.4. The van der Waals surface area contributed by atoms with Crippen molar-refractivity contribution < 1.29 is 27.5 Å². The van der Waals surface area contributed by atoms with E-state index in [-0.39, 0.29) is 29.0 Å². The minimum Gasteiger partial charge on any atom is -0.363 e. The van der Waals surface area contributed by atoms with Gasteiger partial charge in [0, 0.05) is 35.4 Å². The van der Waals surface area contributed by atoms with E-state index in [2.05, 4.69) is 37.1 Å². The number of benzene rings is 2.